The van der Waals surface area contributed by atoms with Gasteiger partial charge in [-0.3, -0.25) is 9.30 Å². The van der Waals surface area contributed by atoms with Gasteiger partial charge in [0.2, 0.25) is 0 Å². The SMILES string of the molecule is CC(CN1CCOCC1)Nc1cccc2nccn12. The van der Waals surface area contributed by atoms with Gasteiger partial charge in [-0.25, -0.2) is 4.98 Å². The average molecular weight is 260 g/mol. The lowest BCUT2D eigenvalue weighted by molar-refractivity contribution is 0.0368. The number of imidazole rings is 1. The molecule has 1 aliphatic heterocycles. The summed E-state index contributed by atoms with van der Waals surface area (Å²) in [5, 5.41) is 3.56. The lowest BCUT2D eigenvalue weighted by Crippen LogP contribution is -2.42. The third kappa shape index (κ3) is 2.88. The number of aromatic nitrogens is 2. The van der Waals surface area contributed by atoms with Crippen LogP contribution >= 0.6 is 0 Å². The van der Waals surface area contributed by atoms with E-state index in [-0.39, 0.29) is 0 Å². The van der Waals surface area contributed by atoms with E-state index in [2.05, 4.69) is 32.6 Å². The van der Waals surface area contributed by atoms with Gasteiger partial charge in [0.05, 0.1) is 13.2 Å². The van der Waals surface area contributed by atoms with Crippen LogP contribution in [0.5, 0.6) is 0 Å². The first-order valence-corrected chi connectivity index (χ1v) is 6.81. The molecule has 2 aromatic heterocycles. The normalized spacial score (nSPS) is 18.6. The van der Waals surface area contributed by atoms with Gasteiger partial charge in [-0.1, -0.05) is 6.07 Å². The highest BCUT2D eigenvalue weighted by Crippen LogP contribution is 2.12. The molecule has 1 fully saturated rings. The fourth-order valence-corrected chi connectivity index (χ4v) is 2.53. The molecule has 0 saturated carbocycles. The first-order valence-electron chi connectivity index (χ1n) is 6.81. The monoisotopic (exact) mass is 260 g/mol. The van der Waals surface area contributed by atoms with Crippen molar-refractivity contribution in [3.63, 3.8) is 0 Å². The molecule has 1 atom stereocenters. The van der Waals surface area contributed by atoms with Crippen LogP contribution in [0.1, 0.15) is 6.92 Å². The minimum atomic E-state index is 0.395. The van der Waals surface area contributed by atoms with Gasteiger partial charge in [-0.15, -0.1) is 0 Å². The highest BCUT2D eigenvalue weighted by molar-refractivity contribution is 5.50. The summed E-state index contributed by atoms with van der Waals surface area (Å²) < 4.78 is 7.45. The highest BCUT2D eigenvalue weighted by atomic mass is 16.5. The van der Waals surface area contributed by atoms with Crippen molar-refractivity contribution in [2.24, 2.45) is 0 Å². The summed E-state index contributed by atoms with van der Waals surface area (Å²) in [7, 11) is 0. The Bertz CT molecular complexity index is 533. The van der Waals surface area contributed by atoms with Gasteiger partial charge in [-0.05, 0) is 19.1 Å². The average Bonchev–Trinajstić information content (AvgIpc) is 2.89. The molecule has 1 saturated heterocycles. The zero-order valence-corrected chi connectivity index (χ0v) is 11.2. The molecule has 3 rings (SSSR count). The maximum Gasteiger partial charge on any atom is 0.138 e. The molecule has 1 N–H and O–H groups in total. The van der Waals surface area contributed by atoms with Crippen LogP contribution in [-0.2, 0) is 4.74 Å². The second kappa shape index (κ2) is 5.59. The maximum absolute atomic E-state index is 5.37. The minimum Gasteiger partial charge on any atom is -0.379 e. The van der Waals surface area contributed by atoms with Crippen LogP contribution in [0.4, 0.5) is 5.82 Å². The van der Waals surface area contributed by atoms with Gasteiger partial charge in [0.25, 0.3) is 0 Å². The Morgan fingerprint density at radius 3 is 3.05 bits per heavy atom. The topological polar surface area (TPSA) is 41.8 Å². The van der Waals surface area contributed by atoms with Gasteiger partial charge in [0, 0.05) is 38.1 Å². The fourth-order valence-electron chi connectivity index (χ4n) is 2.53. The molecule has 5 heteroatoms. The minimum absolute atomic E-state index is 0.395. The van der Waals surface area contributed by atoms with E-state index in [0.29, 0.717) is 6.04 Å². The number of nitrogens with one attached hydrogen (secondary N) is 1. The van der Waals surface area contributed by atoms with Crippen molar-refractivity contribution >= 4 is 11.5 Å². The summed E-state index contributed by atoms with van der Waals surface area (Å²) >= 11 is 0. The second-order valence-electron chi connectivity index (χ2n) is 5.02. The van der Waals surface area contributed by atoms with Crippen molar-refractivity contribution in [3.8, 4) is 0 Å². The van der Waals surface area contributed by atoms with E-state index in [9.17, 15) is 0 Å². The van der Waals surface area contributed by atoms with Crippen LogP contribution in [-0.4, -0.2) is 53.2 Å². The van der Waals surface area contributed by atoms with E-state index in [4.69, 9.17) is 4.74 Å². The number of rotatable bonds is 4. The van der Waals surface area contributed by atoms with Crippen molar-refractivity contribution in [2.75, 3.05) is 38.2 Å². The molecule has 0 amide bonds. The van der Waals surface area contributed by atoms with E-state index < -0.39 is 0 Å². The summed E-state index contributed by atoms with van der Waals surface area (Å²) in [5.74, 6) is 1.09. The molecule has 3 heterocycles. The number of morpholine rings is 1. The third-order valence-corrected chi connectivity index (χ3v) is 3.46. The molecule has 5 nitrogen and oxygen atoms in total. The van der Waals surface area contributed by atoms with Gasteiger partial charge >= 0.3 is 0 Å². The number of anilines is 1. The van der Waals surface area contributed by atoms with E-state index in [1.807, 2.05) is 24.5 Å². The zero-order valence-electron chi connectivity index (χ0n) is 11.2. The standard InChI is InChI=1S/C14H20N4O/c1-12(11-17-7-9-19-10-8-17)16-14-4-2-3-13-15-5-6-18(13)14/h2-6,12,16H,7-11H2,1H3. The highest BCUT2D eigenvalue weighted by Gasteiger charge is 2.14. The Kier molecular flexibility index (Phi) is 3.66. The molecule has 0 aromatic carbocycles. The van der Waals surface area contributed by atoms with Crippen LogP contribution in [0, 0.1) is 0 Å². The smallest absolute Gasteiger partial charge is 0.138 e. The first kappa shape index (κ1) is 12.4. The van der Waals surface area contributed by atoms with Crippen LogP contribution in [0.2, 0.25) is 0 Å². The third-order valence-electron chi connectivity index (χ3n) is 3.46. The Morgan fingerprint density at radius 1 is 1.37 bits per heavy atom. The molecular formula is C14H20N4O. The largest absolute Gasteiger partial charge is 0.379 e. The van der Waals surface area contributed by atoms with E-state index >= 15 is 0 Å². The van der Waals surface area contributed by atoms with Gasteiger partial charge < -0.3 is 10.1 Å². The molecule has 2 aromatic rings. The number of fused-ring (bicyclic) bond motifs is 1. The van der Waals surface area contributed by atoms with Crippen molar-refractivity contribution in [3.05, 3.63) is 30.6 Å². The molecule has 1 unspecified atom stereocenters. The predicted octanol–water partition coefficient (Wildman–Crippen LogP) is 1.47. The van der Waals surface area contributed by atoms with Crippen LogP contribution in [0.3, 0.4) is 0 Å². The van der Waals surface area contributed by atoms with Crippen molar-refractivity contribution in [2.45, 2.75) is 13.0 Å². The molecule has 1 aliphatic rings. The molecular weight excluding hydrogens is 240 g/mol. The summed E-state index contributed by atoms with van der Waals surface area (Å²) in [6, 6.07) is 6.53. The number of hydrogen-bond acceptors (Lipinski definition) is 4. The Morgan fingerprint density at radius 2 is 2.21 bits per heavy atom. The second-order valence-corrected chi connectivity index (χ2v) is 5.02. The summed E-state index contributed by atoms with van der Waals surface area (Å²) in [6.45, 7) is 7.01. The Hall–Kier alpha value is -1.59. The molecule has 102 valence electrons. The summed E-state index contributed by atoms with van der Waals surface area (Å²) in [5.41, 5.74) is 0.976. The van der Waals surface area contributed by atoms with Gasteiger partial charge in [-0.2, -0.15) is 0 Å². The Labute approximate surface area is 113 Å². The van der Waals surface area contributed by atoms with Gasteiger partial charge in [0.1, 0.15) is 11.5 Å². The van der Waals surface area contributed by atoms with Crippen LogP contribution < -0.4 is 5.32 Å². The molecule has 0 aliphatic carbocycles. The molecule has 0 radical (unpaired) electrons. The van der Waals surface area contributed by atoms with Crippen LogP contribution in [0.15, 0.2) is 30.6 Å². The lowest BCUT2D eigenvalue weighted by atomic mass is 10.3. The maximum atomic E-state index is 5.37. The van der Waals surface area contributed by atoms with Gasteiger partial charge in [0.15, 0.2) is 0 Å². The number of ether oxygens (including phenoxy) is 1. The van der Waals surface area contributed by atoms with Crippen molar-refractivity contribution in [1.29, 1.82) is 0 Å². The molecule has 19 heavy (non-hydrogen) atoms. The van der Waals surface area contributed by atoms with Crippen LogP contribution in [0.25, 0.3) is 5.65 Å². The van der Waals surface area contributed by atoms with Crippen molar-refractivity contribution < 1.29 is 4.74 Å². The summed E-state index contributed by atoms with van der Waals surface area (Å²) in [4.78, 5) is 6.74. The van der Waals surface area contributed by atoms with Crippen molar-refractivity contribution in [1.82, 2.24) is 14.3 Å². The number of nitrogens with zero attached hydrogens (tertiary/aromatic N) is 3. The fraction of sp³-hybridized carbons (Fsp3) is 0.500. The summed E-state index contributed by atoms with van der Waals surface area (Å²) in [6.07, 6.45) is 3.81. The van der Waals surface area contributed by atoms with E-state index in [1.54, 1.807) is 0 Å². The number of pyridine rings is 1. The molecule has 0 spiro atoms. The lowest BCUT2D eigenvalue weighted by Gasteiger charge is -2.29. The Balaban J connectivity index is 1.65. The zero-order chi connectivity index (χ0) is 13.1. The predicted molar refractivity (Wildman–Crippen MR) is 75.5 cm³/mol. The van der Waals surface area contributed by atoms with E-state index in [0.717, 1.165) is 44.3 Å². The quantitative estimate of drug-likeness (QED) is 0.904. The number of hydrogen-bond donors (Lipinski definition) is 1. The van der Waals surface area contributed by atoms with E-state index in [1.165, 1.54) is 0 Å². The first-order chi connectivity index (χ1) is 9.33. The molecule has 0 bridgehead atoms.